The van der Waals surface area contributed by atoms with E-state index in [9.17, 15) is 4.79 Å². The van der Waals surface area contributed by atoms with Gasteiger partial charge in [0.2, 0.25) is 0 Å². The summed E-state index contributed by atoms with van der Waals surface area (Å²) in [7, 11) is 0. The van der Waals surface area contributed by atoms with E-state index in [1.54, 1.807) is 12.1 Å². The topological polar surface area (TPSA) is 29.5 Å². The summed E-state index contributed by atoms with van der Waals surface area (Å²) in [5.74, 6) is 0.155. The number of Topliss-reactive ketones (excluding diaryl/α,β-unsaturated/α-hetero) is 1. The lowest BCUT2D eigenvalue weighted by molar-refractivity contribution is 0.0960. The van der Waals surface area contributed by atoms with Crippen LogP contribution in [-0.4, -0.2) is 43.5 Å². The minimum atomic E-state index is 0.155. The first kappa shape index (κ1) is 13.5. The van der Waals surface area contributed by atoms with Gasteiger partial charge in [-0.1, -0.05) is 23.7 Å². The van der Waals surface area contributed by atoms with Gasteiger partial charge in [-0.25, -0.2) is 0 Å². The van der Waals surface area contributed by atoms with Crippen molar-refractivity contribution >= 4 is 17.4 Å². The number of ketones is 1. The van der Waals surface area contributed by atoms with Gasteiger partial charge < -0.3 is 9.64 Å². The molecule has 0 amide bonds. The van der Waals surface area contributed by atoms with Crippen molar-refractivity contribution in [1.82, 2.24) is 4.90 Å². The van der Waals surface area contributed by atoms with E-state index >= 15 is 0 Å². The Morgan fingerprint density at radius 3 is 3.06 bits per heavy atom. The molecule has 0 saturated carbocycles. The molecule has 0 unspecified atom stereocenters. The van der Waals surface area contributed by atoms with Gasteiger partial charge in [-0.15, -0.1) is 0 Å². The van der Waals surface area contributed by atoms with E-state index in [2.05, 4.69) is 4.90 Å². The van der Waals surface area contributed by atoms with Crippen molar-refractivity contribution in [2.45, 2.75) is 12.8 Å². The molecule has 3 nitrogen and oxygen atoms in total. The van der Waals surface area contributed by atoms with Crippen LogP contribution in [0.25, 0.3) is 0 Å². The molecule has 0 atom stereocenters. The Morgan fingerprint density at radius 2 is 2.22 bits per heavy atom. The van der Waals surface area contributed by atoms with Crippen LogP contribution < -0.4 is 0 Å². The van der Waals surface area contributed by atoms with E-state index in [0.29, 0.717) is 17.0 Å². The second-order valence-electron chi connectivity index (χ2n) is 4.49. The maximum atomic E-state index is 12.0. The van der Waals surface area contributed by atoms with Gasteiger partial charge in [-0.05, 0) is 18.6 Å². The molecule has 0 bridgehead atoms. The van der Waals surface area contributed by atoms with Crippen LogP contribution in [-0.2, 0) is 4.74 Å². The zero-order valence-electron chi connectivity index (χ0n) is 10.4. The lowest BCUT2D eigenvalue weighted by Gasteiger charge is -2.18. The highest BCUT2D eigenvalue weighted by Crippen LogP contribution is 2.12. The molecule has 0 aliphatic carbocycles. The number of carbonyl (C=O) groups excluding carboxylic acids is 1. The molecule has 1 aliphatic rings. The number of hydrogen-bond acceptors (Lipinski definition) is 3. The van der Waals surface area contributed by atoms with Crippen LogP contribution in [0.5, 0.6) is 0 Å². The summed E-state index contributed by atoms with van der Waals surface area (Å²) in [6.07, 6.45) is 1.59. The molecule has 4 heteroatoms. The van der Waals surface area contributed by atoms with Gasteiger partial charge in [0.1, 0.15) is 0 Å². The smallest absolute Gasteiger partial charge is 0.164 e. The minimum Gasteiger partial charge on any atom is -0.380 e. The normalized spacial score (nSPS) is 17.4. The van der Waals surface area contributed by atoms with Crippen molar-refractivity contribution in [1.29, 1.82) is 0 Å². The summed E-state index contributed by atoms with van der Waals surface area (Å²) in [6.45, 7) is 4.34. The van der Waals surface area contributed by atoms with E-state index < -0.39 is 0 Å². The predicted octanol–water partition coefficient (Wildman–Crippen LogP) is 2.64. The second kappa shape index (κ2) is 6.88. The highest BCUT2D eigenvalue weighted by Gasteiger charge is 2.12. The maximum Gasteiger partial charge on any atom is 0.164 e. The number of rotatable bonds is 4. The molecule has 1 aliphatic heterocycles. The molecule has 0 radical (unpaired) electrons. The van der Waals surface area contributed by atoms with Crippen LogP contribution in [0.4, 0.5) is 0 Å². The quantitative estimate of drug-likeness (QED) is 0.786. The third-order valence-corrected chi connectivity index (χ3v) is 3.35. The summed E-state index contributed by atoms with van der Waals surface area (Å²) in [5.41, 5.74) is 0.702. The molecule has 0 N–H and O–H groups in total. The Labute approximate surface area is 113 Å². The van der Waals surface area contributed by atoms with Crippen molar-refractivity contribution in [3.05, 3.63) is 34.9 Å². The van der Waals surface area contributed by atoms with Gasteiger partial charge in [-0.3, -0.25) is 4.79 Å². The standard InChI is InChI=1S/C14H18ClNO2/c15-13-4-1-3-12(11-13)14(17)5-7-16-6-2-9-18-10-8-16/h1,3-4,11H,2,5-10H2. The minimum absolute atomic E-state index is 0.155. The van der Waals surface area contributed by atoms with Crippen LogP contribution >= 0.6 is 11.6 Å². The average Bonchev–Trinajstić information content (AvgIpc) is 2.64. The third kappa shape index (κ3) is 4.09. The maximum absolute atomic E-state index is 12.0. The van der Waals surface area contributed by atoms with Gasteiger partial charge in [0, 0.05) is 43.2 Å². The molecule has 0 aromatic heterocycles. The fourth-order valence-corrected chi connectivity index (χ4v) is 2.28. The van der Waals surface area contributed by atoms with Crippen molar-refractivity contribution in [3.8, 4) is 0 Å². The molecule has 1 saturated heterocycles. The summed E-state index contributed by atoms with van der Waals surface area (Å²) in [5, 5.41) is 0.615. The van der Waals surface area contributed by atoms with Gasteiger partial charge in [0.15, 0.2) is 5.78 Å². The summed E-state index contributed by atoms with van der Waals surface area (Å²) in [6, 6.07) is 7.15. The zero-order chi connectivity index (χ0) is 12.8. The Kier molecular flexibility index (Phi) is 5.17. The summed E-state index contributed by atoms with van der Waals surface area (Å²) >= 11 is 5.88. The largest absolute Gasteiger partial charge is 0.380 e. The number of benzene rings is 1. The molecule has 18 heavy (non-hydrogen) atoms. The van der Waals surface area contributed by atoms with Crippen LogP contribution in [0.3, 0.4) is 0 Å². The number of hydrogen-bond donors (Lipinski definition) is 0. The molecule has 98 valence electrons. The Morgan fingerprint density at radius 1 is 1.33 bits per heavy atom. The number of nitrogens with zero attached hydrogens (tertiary/aromatic N) is 1. The number of ether oxygens (including phenoxy) is 1. The first-order valence-corrected chi connectivity index (χ1v) is 6.72. The van der Waals surface area contributed by atoms with Crippen molar-refractivity contribution < 1.29 is 9.53 Å². The van der Waals surface area contributed by atoms with Gasteiger partial charge >= 0.3 is 0 Å². The van der Waals surface area contributed by atoms with Crippen LogP contribution in [0.15, 0.2) is 24.3 Å². The van der Waals surface area contributed by atoms with Gasteiger partial charge in [0.25, 0.3) is 0 Å². The zero-order valence-corrected chi connectivity index (χ0v) is 11.2. The SMILES string of the molecule is O=C(CCN1CCCOCC1)c1cccc(Cl)c1. The van der Waals surface area contributed by atoms with E-state index in [1.165, 1.54) is 0 Å². The molecule has 1 fully saturated rings. The van der Waals surface area contributed by atoms with Crippen LogP contribution in [0, 0.1) is 0 Å². The first-order chi connectivity index (χ1) is 8.75. The Balaban J connectivity index is 1.84. The molecular formula is C14H18ClNO2. The number of carbonyl (C=O) groups is 1. The fraction of sp³-hybridized carbons (Fsp3) is 0.500. The Bertz CT molecular complexity index is 401. The van der Waals surface area contributed by atoms with Crippen LogP contribution in [0.2, 0.25) is 5.02 Å². The second-order valence-corrected chi connectivity index (χ2v) is 4.93. The van der Waals surface area contributed by atoms with Crippen molar-refractivity contribution in [2.24, 2.45) is 0 Å². The van der Waals surface area contributed by atoms with Crippen LogP contribution in [0.1, 0.15) is 23.2 Å². The molecule has 1 aromatic carbocycles. The molecule has 1 heterocycles. The van der Waals surface area contributed by atoms with E-state index in [-0.39, 0.29) is 5.78 Å². The average molecular weight is 268 g/mol. The fourth-order valence-electron chi connectivity index (χ4n) is 2.09. The molecule has 2 rings (SSSR count). The van der Waals surface area contributed by atoms with E-state index in [4.69, 9.17) is 16.3 Å². The molecule has 0 spiro atoms. The number of halogens is 1. The highest BCUT2D eigenvalue weighted by atomic mass is 35.5. The Hall–Kier alpha value is -0.900. The van der Waals surface area contributed by atoms with Gasteiger partial charge in [0.05, 0.1) is 6.61 Å². The molecule has 1 aromatic rings. The summed E-state index contributed by atoms with van der Waals surface area (Å²) in [4.78, 5) is 14.3. The lowest BCUT2D eigenvalue weighted by Crippen LogP contribution is -2.28. The first-order valence-electron chi connectivity index (χ1n) is 6.34. The van der Waals surface area contributed by atoms with E-state index in [0.717, 1.165) is 39.3 Å². The van der Waals surface area contributed by atoms with Gasteiger partial charge in [-0.2, -0.15) is 0 Å². The highest BCUT2D eigenvalue weighted by molar-refractivity contribution is 6.31. The third-order valence-electron chi connectivity index (χ3n) is 3.12. The van der Waals surface area contributed by atoms with Crippen molar-refractivity contribution in [2.75, 3.05) is 32.8 Å². The monoisotopic (exact) mass is 267 g/mol. The van der Waals surface area contributed by atoms with E-state index in [1.807, 2.05) is 12.1 Å². The summed E-state index contributed by atoms with van der Waals surface area (Å²) < 4.78 is 5.39. The molecular weight excluding hydrogens is 250 g/mol. The van der Waals surface area contributed by atoms with Crippen molar-refractivity contribution in [3.63, 3.8) is 0 Å². The predicted molar refractivity (Wildman–Crippen MR) is 72.3 cm³/mol. The lowest BCUT2D eigenvalue weighted by atomic mass is 10.1.